The van der Waals surface area contributed by atoms with E-state index in [2.05, 4.69) is 10.1 Å². The Hall–Kier alpha value is -1.75. The summed E-state index contributed by atoms with van der Waals surface area (Å²) in [6, 6.07) is 3.55. The van der Waals surface area contributed by atoms with Gasteiger partial charge >= 0.3 is 0 Å². The van der Waals surface area contributed by atoms with Gasteiger partial charge in [-0.15, -0.1) is 0 Å². The summed E-state index contributed by atoms with van der Waals surface area (Å²) < 4.78 is 7.33. The number of rotatable bonds is 3. The molecule has 5 nitrogen and oxygen atoms in total. The monoisotopic (exact) mass is 245 g/mol. The molecule has 1 saturated heterocycles. The van der Waals surface area contributed by atoms with Crippen LogP contribution < -0.4 is 0 Å². The molecular formula is C13H15N3O2. The number of pyridine rings is 1. The molecule has 0 aliphatic carbocycles. The van der Waals surface area contributed by atoms with Gasteiger partial charge in [-0.25, -0.2) is 9.50 Å². The number of hydrogen-bond acceptors (Lipinski definition) is 4. The maximum Gasteiger partial charge on any atom is 0.166 e. The number of hydrogen-bond donors (Lipinski definition) is 0. The summed E-state index contributed by atoms with van der Waals surface area (Å²) >= 11 is 0. The zero-order valence-corrected chi connectivity index (χ0v) is 10.1. The van der Waals surface area contributed by atoms with Gasteiger partial charge in [0.15, 0.2) is 17.8 Å². The predicted octanol–water partition coefficient (Wildman–Crippen LogP) is 1.65. The van der Waals surface area contributed by atoms with Crippen LogP contribution in [0.4, 0.5) is 0 Å². The number of nitrogens with zero attached hydrogens (tertiary/aromatic N) is 3. The predicted molar refractivity (Wildman–Crippen MR) is 65.7 cm³/mol. The van der Waals surface area contributed by atoms with E-state index < -0.39 is 0 Å². The van der Waals surface area contributed by atoms with Gasteiger partial charge in [-0.05, 0) is 31.4 Å². The third-order valence-corrected chi connectivity index (χ3v) is 3.25. The van der Waals surface area contributed by atoms with Crippen molar-refractivity contribution < 1.29 is 9.53 Å². The fourth-order valence-electron chi connectivity index (χ4n) is 2.32. The SMILES string of the molecule is O=Cc1cccn2nc(CC3CCCCO3)nc12. The van der Waals surface area contributed by atoms with Crippen molar-refractivity contribution in [2.75, 3.05) is 6.61 Å². The fraction of sp³-hybridized carbons (Fsp3) is 0.462. The van der Waals surface area contributed by atoms with Crippen LogP contribution in [0.1, 0.15) is 35.4 Å². The molecule has 0 aromatic carbocycles. The Balaban J connectivity index is 1.86. The Labute approximate surface area is 105 Å². The molecule has 0 bridgehead atoms. The van der Waals surface area contributed by atoms with Crippen LogP contribution in [-0.4, -0.2) is 33.6 Å². The van der Waals surface area contributed by atoms with Crippen LogP contribution in [-0.2, 0) is 11.2 Å². The molecule has 2 aromatic heterocycles. The van der Waals surface area contributed by atoms with Gasteiger partial charge in [0.2, 0.25) is 0 Å². The summed E-state index contributed by atoms with van der Waals surface area (Å²) in [5.41, 5.74) is 1.19. The van der Waals surface area contributed by atoms with E-state index in [1.807, 2.05) is 0 Å². The molecule has 0 radical (unpaired) electrons. The first-order valence-electron chi connectivity index (χ1n) is 6.28. The topological polar surface area (TPSA) is 56.5 Å². The maximum absolute atomic E-state index is 10.9. The smallest absolute Gasteiger partial charge is 0.166 e. The number of fused-ring (bicyclic) bond motifs is 1. The molecule has 2 aromatic rings. The normalized spacial score (nSPS) is 20.1. The summed E-state index contributed by atoms with van der Waals surface area (Å²) in [4.78, 5) is 15.3. The molecule has 0 amide bonds. The lowest BCUT2D eigenvalue weighted by atomic mass is 10.1. The molecule has 1 aliphatic rings. The van der Waals surface area contributed by atoms with Gasteiger partial charge in [-0.2, -0.15) is 5.10 Å². The Kier molecular flexibility index (Phi) is 3.06. The van der Waals surface area contributed by atoms with E-state index in [0.29, 0.717) is 11.2 Å². The van der Waals surface area contributed by atoms with Crippen molar-refractivity contribution in [2.45, 2.75) is 31.8 Å². The molecule has 1 aliphatic heterocycles. The first kappa shape index (κ1) is 11.3. The Morgan fingerprint density at radius 3 is 3.22 bits per heavy atom. The lowest BCUT2D eigenvalue weighted by Gasteiger charge is -2.20. The summed E-state index contributed by atoms with van der Waals surface area (Å²) in [5, 5.41) is 4.38. The number of ether oxygens (including phenoxy) is 1. The van der Waals surface area contributed by atoms with Crippen LogP contribution in [0.3, 0.4) is 0 Å². The van der Waals surface area contributed by atoms with E-state index in [-0.39, 0.29) is 6.10 Å². The second kappa shape index (κ2) is 4.86. The van der Waals surface area contributed by atoms with E-state index in [4.69, 9.17) is 4.74 Å². The zero-order valence-electron chi connectivity index (χ0n) is 10.1. The van der Waals surface area contributed by atoms with Crippen molar-refractivity contribution >= 4 is 11.9 Å². The van der Waals surface area contributed by atoms with Crippen molar-refractivity contribution in [1.82, 2.24) is 14.6 Å². The summed E-state index contributed by atoms with van der Waals surface area (Å²) in [6.07, 6.45) is 6.97. The molecule has 1 atom stereocenters. The highest BCUT2D eigenvalue weighted by Gasteiger charge is 2.17. The minimum atomic E-state index is 0.218. The summed E-state index contributed by atoms with van der Waals surface area (Å²) in [7, 11) is 0. The van der Waals surface area contributed by atoms with Crippen LogP contribution in [0.5, 0.6) is 0 Å². The Morgan fingerprint density at radius 2 is 2.44 bits per heavy atom. The molecule has 3 rings (SSSR count). The van der Waals surface area contributed by atoms with Gasteiger partial charge in [-0.1, -0.05) is 0 Å². The largest absolute Gasteiger partial charge is 0.378 e. The van der Waals surface area contributed by atoms with Gasteiger partial charge in [0.25, 0.3) is 0 Å². The minimum Gasteiger partial charge on any atom is -0.378 e. The molecule has 1 fully saturated rings. The third kappa shape index (κ3) is 2.13. The molecule has 0 spiro atoms. The maximum atomic E-state index is 10.9. The Morgan fingerprint density at radius 1 is 1.50 bits per heavy atom. The van der Waals surface area contributed by atoms with Gasteiger partial charge < -0.3 is 4.74 Å². The van der Waals surface area contributed by atoms with E-state index in [1.165, 1.54) is 6.42 Å². The molecular weight excluding hydrogens is 230 g/mol. The average molecular weight is 245 g/mol. The van der Waals surface area contributed by atoms with Crippen LogP contribution in [0.25, 0.3) is 5.65 Å². The van der Waals surface area contributed by atoms with E-state index in [0.717, 1.165) is 38.0 Å². The Bertz CT molecular complexity index is 558. The summed E-state index contributed by atoms with van der Waals surface area (Å²) in [5.74, 6) is 0.746. The van der Waals surface area contributed by atoms with Gasteiger partial charge in [0, 0.05) is 19.2 Å². The van der Waals surface area contributed by atoms with Crippen LogP contribution in [0, 0.1) is 0 Å². The highest BCUT2D eigenvalue weighted by molar-refractivity contribution is 5.83. The number of aldehydes is 1. The lowest BCUT2D eigenvalue weighted by molar-refractivity contribution is 0.0157. The number of aromatic nitrogens is 3. The molecule has 1 unspecified atom stereocenters. The van der Waals surface area contributed by atoms with Crippen LogP contribution >= 0.6 is 0 Å². The van der Waals surface area contributed by atoms with Crippen molar-refractivity contribution in [3.63, 3.8) is 0 Å². The fourth-order valence-corrected chi connectivity index (χ4v) is 2.32. The minimum absolute atomic E-state index is 0.218. The third-order valence-electron chi connectivity index (χ3n) is 3.25. The molecule has 0 N–H and O–H groups in total. The zero-order chi connectivity index (χ0) is 12.4. The molecule has 0 saturated carbocycles. The van der Waals surface area contributed by atoms with Crippen molar-refractivity contribution in [3.8, 4) is 0 Å². The molecule has 94 valence electrons. The number of carbonyl (C=O) groups excluding carboxylic acids is 1. The van der Waals surface area contributed by atoms with Crippen molar-refractivity contribution in [1.29, 1.82) is 0 Å². The molecule has 5 heteroatoms. The average Bonchev–Trinajstić information content (AvgIpc) is 2.82. The van der Waals surface area contributed by atoms with Gasteiger partial charge in [0.05, 0.1) is 11.7 Å². The number of carbonyl (C=O) groups is 1. The second-order valence-corrected chi connectivity index (χ2v) is 4.57. The lowest BCUT2D eigenvalue weighted by Crippen LogP contribution is -2.21. The molecule has 18 heavy (non-hydrogen) atoms. The first-order chi connectivity index (χ1) is 8.86. The second-order valence-electron chi connectivity index (χ2n) is 4.57. The highest BCUT2D eigenvalue weighted by atomic mass is 16.5. The highest BCUT2D eigenvalue weighted by Crippen LogP contribution is 2.16. The standard InChI is InChI=1S/C13H15N3O2/c17-9-10-4-3-6-16-13(10)14-12(15-16)8-11-5-1-2-7-18-11/h3-4,6,9,11H,1-2,5,7-8H2. The quantitative estimate of drug-likeness (QED) is 0.771. The van der Waals surface area contributed by atoms with Crippen molar-refractivity contribution in [2.24, 2.45) is 0 Å². The first-order valence-corrected chi connectivity index (χ1v) is 6.28. The van der Waals surface area contributed by atoms with E-state index in [1.54, 1.807) is 22.8 Å². The van der Waals surface area contributed by atoms with Crippen LogP contribution in [0.15, 0.2) is 18.3 Å². The summed E-state index contributed by atoms with van der Waals surface area (Å²) in [6.45, 7) is 0.831. The van der Waals surface area contributed by atoms with Crippen LogP contribution in [0.2, 0.25) is 0 Å². The van der Waals surface area contributed by atoms with E-state index in [9.17, 15) is 4.79 Å². The van der Waals surface area contributed by atoms with E-state index >= 15 is 0 Å². The van der Waals surface area contributed by atoms with Gasteiger partial charge in [0.1, 0.15) is 0 Å². The van der Waals surface area contributed by atoms with Crippen molar-refractivity contribution in [3.05, 3.63) is 29.7 Å². The van der Waals surface area contributed by atoms with Gasteiger partial charge in [-0.3, -0.25) is 4.79 Å². The molecule has 3 heterocycles.